The second kappa shape index (κ2) is 7.20. The van der Waals surface area contributed by atoms with E-state index in [9.17, 15) is 0 Å². The Balaban J connectivity index is 1.95. The maximum Gasteiger partial charge on any atom is 0.0354 e. The summed E-state index contributed by atoms with van der Waals surface area (Å²) in [4.78, 5) is 0. The van der Waals surface area contributed by atoms with Gasteiger partial charge < -0.3 is 5.32 Å². The molecule has 0 fully saturated rings. The zero-order chi connectivity index (χ0) is 12.8. The van der Waals surface area contributed by atoms with Gasteiger partial charge in [0.15, 0.2) is 0 Å². The molecular weight excluding hydrogens is 238 g/mol. The zero-order valence-electron chi connectivity index (χ0n) is 11.6. The molecule has 0 bridgehead atoms. The van der Waals surface area contributed by atoms with E-state index >= 15 is 0 Å². The van der Waals surface area contributed by atoms with E-state index in [-0.39, 0.29) is 0 Å². The van der Waals surface area contributed by atoms with Gasteiger partial charge in [-0.3, -0.25) is 0 Å². The molecule has 0 saturated carbocycles. The first-order valence-corrected chi connectivity index (χ1v) is 8.41. The molecule has 2 heteroatoms. The van der Waals surface area contributed by atoms with Gasteiger partial charge in [0, 0.05) is 6.04 Å². The lowest BCUT2D eigenvalue weighted by Gasteiger charge is -2.21. The summed E-state index contributed by atoms with van der Waals surface area (Å²) in [6.07, 6.45) is 3.99. The van der Waals surface area contributed by atoms with E-state index in [1.54, 1.807) is 11.1 Å². The molecule has 100 valence electrons. The Bertz CT molecular complexity index is 364. The zero-order valence-corrected chi connectivity index (χ0v) is 12.4. The van der Waals surface area contributed by atoms with E-state index < -0.39 is 0 Å². The van der Waals surface area contributed by atoms with Gasteiger partial charge in [-0.25, -0.2) is 0 Å². The summed E-state index contributed by atoms with van der Waals surface area (Å²) >= 11 is 2.07. The molecule has 0 radical (unpaired) electrons. The molecule has 1 aromatic rings. The molecule has 0 saturated heterocycles. The molecule has 1 aromatic carbocycles. The minimum atomic E-state index is 0.595. The van der Waals surface area contributed by atoms with Gasteiger partial charge in [-0.2, -0.15) is 11.8 Å². The van der Waals surface area contributed by atoms with Crippen molar-refractivity contribution in [2.24, 2.45) is 5.92 Å². The van der Waals surface area contributed by atoms with Crippen LogP contribution in [0.4, 0.5) is 0 Å². The Morgan fingerprint density at radius 3 is 2.89 bits per heavy atom. The van der Waals surface area contributed by atoms with Crippen LogP contribution < -0.4 is 5.32 Å². The van der Waals surface area contributed by atoms with Crippen LogP contribution in [0.15, 0.2) is 24.3 Å². The number of fused-ring (bicyclic) bond motifs is 1. The Kier molecular flexibility index (Phi) is 5.58. The van der Waals surface area contributed by atoms with Crippen molar-refractivity contribution in [2.75, 3.05) is 18.1 Å². The molecule has 2 atom stereocenters. The van der Waals surface area contributed by atoms with Crippen molar-refractivity contribution in [1.29, 1.82) is 0 Å². The minimum absolute atomic E-state index is 0.595. The Morgan fingerprint density at radius 2 is 2.11 bits per heavy atom. The Morgan fingerprint density at radius 1 is 1.28 bits per heavy atom. The van der Waals surface area contributed by atoms with E-state index in [1.807, 2.05) is 0 Å². The molecule has 18 heavy (non-hydrogen) atoms. The average molecular weight is 263 g/mol. The number of nitrogens with one attached hydrogen (secondary N) is 1. The first-order valence-electron chi connectivity index (χ1n) is 7.25. The fourth-order valence-corrected chi connectivity index (χ4v) is 3.69. The van der Waals surface area contributed by atoms with Crippen molar-refractivity contribution in [3.05, 3.63) is 35.4 Å². The largest absolute Gasteiger partial charge is 0.310 e. The van der Waals surface area contributed by atoms with Crippen molar-refractivity contribution in [2.45, 2.75) is 39.2 Å². The van der Waals surface area contributed by atoms with E-state index in [2.05, 4.69) is 55.2 Å². The van der Waals surface area contributed by atoms with E-state index in [0.717, 1.165) is 12.5 Å². The highest BCUT2D eigenvalue weighted by atomic mass is 32.2. The standard InChI is InChI=1S/C16H25NS/c1-3-17-16-14(9-7-11-18-4-2)12-13-8-5-6-10-15(13)16/h5-6,8,10,14,16-17H,3-4,7,9,11-12H2,1-2H3. The fourth-order valence-electron chi connectivity index (χ4n) is 3.03. The van der Waals surface area contributed by atoms with Crippen LogP contribution in [0.1, 0.15) is 43.9 Å². The molecule has 1 N–H and O–H groups in total. The smallest absolute Gasteiger partial charge is 0.0354 e. The number of rotatable bonds is 7. The maximum absolute atomic E-state index is 3.68. The third-order valence-electron chi connectivity index (χ3n) is 3.84. The van der Waals surface area contributed by atoms with Crippen LogP contribution in [-0.4, -0.2) is 18.1 Å². The normalized spacial score (nSPS) is 22.1. The van der Waals surface area contributed by atoms with Crippen LogP contribution in [0.25, 0.3) is 0 Å². The van der Waals surface area contributed by atoms with Crippen LogP contribution >= 0.6 is 11.8 Å². The van der Waals surface area contributed by atoms with Gasteiger partial charge in [0.25, 0.3) is 0 Å². The highest BCUT2D eigenvalue weighted by molar-refractivity contribution is 7.99. The summed E-state index contributed by atoms with van der Waals surface area (Å²) in [6, 6.07) is 9.57. The lowest BCUT2D eigenvalue weighted by atomic mass is 9.95. The molecule has 2 rings (SSSR count). The van der Waals surface area contributed by atoms with E-state index in [4.69, 9.17) is 0 Å². The van der Waals surface area contributed by atoms with Crippen LogP contribution in [0.3, 0.4) is 0 Å². The fraction of sp³-hybridized carbons (Fsp3) is 0.625. The summed E-state index contributed by atoms with van der Waals surface area (Å²) in [5.74, 6) is 3.38. The van der Waals surface area contributed by atoms with Crippen molar-refractivity contribution in [3.63, 3.8) is 0 Å². The van der Waals surface area contributed by atoms with Gasteiger partial charge in [0.1, 0.15) is 0 Å². The highest BCUT2D eigenvalue weighted by Crippen LogP contribution is 2.38. The van der Waals surface area contributed by atoms with Crippen LogP contribution in [0.2, 0.25) is 0 Å². The van der Waals surface area contributed by atoms with E-state index in [0.29, 0.717) is 6.04 Å². The van der Waals surface area contributed by atoms with Gasteiger partial charge in [-0.15, -0.1) is 0 Å². The predicted molar refractivity (Wildman–Crippen MR) is 82.3 cm³/mol. The second-order valence-corrected chi connectivity index (χ2v) is 6.43. The summed E-state index contributed by atoms with van der Waals surface area (Å²) < 4.78 is 0. The number of benzene rings is 1. The topological polar surface area (TPSA) is 12.0 Å². The predicted octanol–water partition coefficient (Wildman–Crippen LogP) is 4.04. The van der Waals surface area contributed by atoms with Crippen molar-refractivity contribution < 1.29 is 0 Å². The van der Waals surface area contributed by atoms with Crippen LogP contribution in [0.5, 0.6) is 0 Å². The molecule has 1 aliphatic carbocycles. The third-order valence-corrected chi connectivity index (χ3v) is 4.82. The number of thioether (sulfide) groups is 1. The summed E-state index contributed by atoms with van der Waals surface area (Å²) in [5.41, 5.74) is 3.11. The summed E-state index contributed by atoms with van der Waals surface area (Å²) in [6.45, 7) is 5.53. The van der Waals surface area contributed by atoms with Gasteiger partial charge in [0.05, 0.1) is 0 Å². The van der Waals surface area contributed by atoms with Gasteiger partial charge in [-0.05, 0) is 54.4 Å². The third kappa shape index (κ3) is 3.30. The summed E-state index contributed by atoms with van der Waals surface area (Å²) in [7, 11) is 0. The second-order valence-electron chi connectivity index (χ2n) is 5.04. The number of hydrogen-bond donors (Lipinski definition) is 1. The van der Waals surface area contributed by atoms with E-state index in [1.165, 1.54) is 30.8 Å². The monoisotopic (exact) mass is 263 g/mol. The van der Waals surface area contributed by atoms with Crippen molar-refractivity contribution in [3.8, 4) is 0 Å². The first-order chi connectivity index (χ1) is 8.86. The number of hydrogen-bond acceptors (Lipinski definition) is 2. The Labute approximate surface area is 116 Å². The van der Waals surface area contributed by atoms with Gasteiger partial charge in [0.2, 0.25) is 0 Å². The van der Waals surface area contributed by atoms with Crippen LogP contribution in [0, 0.1) is 5.92 Å². The highest BCUT2D eigenvalue weighted by Gasteiger charge is 2.30. The first kappa shape index (κ1) is 14.0. The van der Waals surface area contributed by atoms with Crippen LogP contribution in [-0.2, 0) is 6.42 Å². The Hall–Kier alpha value is -0.470. The molecule has 1 aliphatic rings. The van der Waals surface area contributed by atoms with Gasteiger partial charge in [-0.1, -0.05) is 38.1 Å². The molecule has 0 amide bonds. The molecule has 0 aromatic heterocycles. The quantitative estimate of drug-likeness (QED) is 0.745. The van der Waals surface area contributed by atoms with Crippen molar-refractivity contribution in [1.82, 2.24) is 5.32 Å². The minimum Gasteiger partial charge on any atom is -0.310 e. The molecular formula is C16H25NS. The lowest BCUT2D eigenvalue weighted by molar-refractivity contribution is 0.371. The average Bonchev–Trinajstić information content (AvgIpc) is 2.74. The molecule has 2 unspecified atom stereocenters. The lowest BCUT2D eigenvalue weighted by Crippen LogP contribution is -2.25. The molecule has 0 heterocycles. The SMILES string of the molecule is CCNC1c2ccccc2CC1CCCSCC. The molecule has 0 aliphatic heterocycles. The van der Waals surface area contributed by atoms with Crippen molar-refractivity contribution >= 4 is 11.8 Å². The molecule has 1 nitrogen and oxygen atoms in total. The molecule has 0 spiro atoms. The van der Waals surface area contributed by atoms with Gasteiger partial charge >= 0.3 is 0 Å². The maximum atomic E-state index is 3.68. The summed E-state index contributed by atoms with van der Waals surface area (Å²) in [5, 5.41) is 3.68.